The minimum atomic E-state index is -0.306. The first-order valence-corrected chi connectivity index (χ1v) is 7.32. The van der Waals surface area contributed by atoms with E-state index in [0.29, 0.717) is 10.6 Å². The van der Waals surface area contributed by atoms with Crippen molar-refractivity contribution in [3.63, 3.8) is 0 Å². The average Bonchev–Trinajstić information content (AvgIpc) is 2.45. The number of hydrogen-bond donors (Lipinski definition) is 1. The molecule has 1 aromatic heterocycles. The van der Waals surface area contributed by atoms with Crippen molar-refractivity contribution in [1.82, 2.24) is 10.3 Å². The summed E-state index contributed by atoms with van der Waals surface area (Å²) in [7, 11) is 0. The predicted molar refractivity (Wildman–Crippen MR) is 85.3 cm³/mol. The molecule has 0 aliphatic carbocycles. The highest BCUT2D eigenvalue weighted by atomic mass is 35.5. The number of rotatable bonds is 3. The molecular weight excluding hydrogens is 303 g/mol. The van der Waals surface area contributed by atoms with Gasteiger partial charge in [-0.15, -0.1) is 0 Å². The molecule has 0 bridgehead atoms. The third-order valence-corrected chi connectivity index (χ3v) is 3.66. The number of amides is 1. The topological polar surface area (TPSA) is 42.0 Å². The van der Waals surface area contributed by atoms with Crippen LogP contribution < -0.4 is 5.32 Å². The lowest BCUT2D eigenvalue weighted by atomic mass is 9.82. The monoisotopic (exact) mass is 320 g/mol. The molecule has 0 saturated heterocycles. The van der Waals surface area contributed by atoms with Crippen molar-refractivity contribution in [1.29, 1.82) is 0 Å². The van der Waals surface area contributed by atoms with E-state index in [-0.39, 0.29) is 23.2 Å². The molecule has 0 fully saturated rings. The van der Waals surface area contributed by atoms with Gasteiger partial charge in [0.05, 0.1) is 16.6 Å². The molecule has 116 valence electrons. The van der Waals surface area contributed by atoms with Gasteiger partial charge in [-0.2, -0.15) is 0 Å². The lowest BCUT2D eigenvalue weighted by Crippen LogP contribution is -2.36. The highest BCUT2D eigenvalue weighted by molar-refractivity contribution is 6.33. The van der Waals surface area contributed by atoms with Crippen LogP contribution in [-0.4, -0.2) is 10.9 Å². The van der Waals surface area contributed by atoms with Gasteiger partial charge in [0, 0.05) is 12.4 Å². The Morgan fingerprint density at radius 2 is 1.86 bits per heavy atom. The average molecular weight is 321 g/mol. The van der Waals surface area contributed by atoms with Gasteiger partial charge < -0.3 is 5.32 Å². The molecular formula is C17H18ClFN2O. The first kappa shape index (κ1) is 16.4. The van der Waals surface area contributed by atoms with Crippen molar-refractivity contribution in [3.05, 3.63) is 64.7 Å². The fourth-order valence-electron chi connectivity index (χ4n) is 2.22. The summed E-state index contributed by atoms with van der Waals surface area (Å²) in [6, 6.07) is 7.44. The molecule has 1 aromatic carbocycles. The quantitative estimate of drug-likeness (QED) is 0.911. The van der Waals surface area contributed by atoms with E-state index in [4.69, 9.17) is 11.6 Å². The van der Waals surface area contributed by atoms with Crippen LogP contribution in [0.2, 0.25) is 5.02 Å². The maximum Gasteiger partial charge on any atom is 0.253 e. The number of nitrogens with zero attached hydrogens (tertiary/aromatic N) is 1. The lowest BCUT2D eigenvalue weighted by molar-refractivity contribution is 0.0902. The second kappa shape index (κ2) is 6.44. The van der Waals surface area contributed by atoms with Crippen molar-refractivity contribution in [2.24, 2.45) is 5.41 Å². The van der Waals surface area contributed by atoms with Crippen LogP contribution in [0.1, 0.15) is 42.7 Å². The molecule has 2 aromatic rings. The Balaban J connectivity index is 2.30. The van der Waals surface area contributed by atoms with Gasteiger partial charge in [-0.05, 0) is 29.2 Å². The van der Waals surface area contributed by atoms with Gasteiger partial charge in [0.2, 0.25) is 0 Å². The molecule has 1 N–H and O–H groups in total. The van der Waals surface area contributed by atoms with Gasteiger partial charge >= 0.3 is 0 Å². The number of hydrogen-bond acceptors (Lipinski definition) is 2. The van der Waals surface area contributed by atoms with Gasteiger partial charge in [-0.3, -0.25) is 9.78 Å². The Morgan fingerprint density at radius 3 is 2.41 bits per heavy atom. The zero-order valence-corrected chi connectivity index (χ0v) is 13.5. The zero-order chi connectivity index (χ0) is 16.3. The van der Waals surface area contributed by atoms with Crippen molar-refractivity contribution in [2.75, 3.05) is 0 Å². The Labute approximate surface area is 134 Å². The maximum absolute atomic E-state index is 13.1. The molecule has 0 aliphatic rings. The van der Waals surface area contributed by atoms with Crippen LogP contribution in [0.4, 0.5) is 4.39 Å². The Kier molecular flexibility index (Phi) is 4.81. The number of carbonyl (C=O) groups excluding carboxylic acids is 1. The van der Waals surface area contributed by atoms with Crippen LogP contribution >= 0.6 is 11.6 Å². The van der Waals surface area contributed by atoms with Crippen LogP contribution in [-0.2, 0) is 0 Å². The molecule has 0 aliphatic heterocycles. The third-order valence-electron chi connectivity index (χ3n) is 3.36. The lowest BCUT2D eigenvalue weighted by Gasteiger charge is -2.32. The highest BCUT2D eigenvalue weighted by Crippen LogP contribution is 2.33. The van der Waals surface area contributed by atoms with Crippen LogP contribution in [0.15, 0.2) is 42.7 Å². The number of pyridine rings is 1. The molecule has 0 spiro atoms. The van der Waals surface area contributed by atoms with Crippen LogP contribution in [0.5, 0.6) is 0 Å². The highest BCUT2D eigenvalue weighted by Gasteiger charge is 2.28. The normalized spacial score (nSPS) is 12.8. The number of benzene rings is 1. The first-order valence-electron chi connectivity index (χ1n) is 6.95. The van der Waals surface area contributed by atoms with E-state index in [1.54, 1.807) is 18.2 Å². The van der Waals surface area contributed by atoms with Crippen molar-refractivity contribution < 1.29 is 9.18 Å². The molecule has 3 nitrogen and oxygen atoms in total. The van der Waals surface area contributed by atoms with E-state index in [9.17, 15) is 9.18 Å². The number of halogens is 2. The summed E-state index contributed by atoms with van der Waals surface area (Å²) >= 11 is 6.01. The van der Waals surface area contributed by atoms with Gasteiger partial charge in [0.15, 0.2) is 0 Å². The van der Waals surface area contributed by atoms with Crippen LogP contribution in [0.3, 0.4) is 0 Å². The van der Waals surface area contributed by atoms with E-state index >= 15 is 0 Å². The Hall–Kier alpha value is -1.94. The van der Waals surface area contributed by atoms with Crippen molar-refractivity contribution in [2.45, 2.75) is 26.8 Å². The molecule has 0 radical (unpaired) electrons. The summed E-state index contributed by atoms with van der Waals surface area (Å²) in [5, 5.41) is 3.27. The number of aromatic nitrogens is 1. The number of carbonyl (C=O) groups is 1. The summed E-state index contributed by atoms with van der Waals surface area (Å²) in [6.07, 6.45) is 2.95. The van der Waals surface area contributed by atoms with Gasteiger partial charge in [0.25, 0.3) is 5.91 Å². The molecule has 5 heteroatoms. The largest absolute Gasteiger partial charge is 0.345 e. The van der Waals surface area contributed by atoms with Crippen molar-refractivity contribution >= 4 is 17.5 Å². The molecule has 1 heterocycles. The van der Waals surface area contributed by atoms with Gasteiger partial charge in [-0.25, -0.2) is 4.39 Å². The minimum absolute atomic E-state index is 0.243. The number of nitrogens with one attached hydrogen (secondary N) is 1. The molecule has 22 heavy (non-hydrogen) atoms. The molecule has 2 rings (SSSR count). The van der Waals surface area contributed by atoms with E-state index in [0.717, 1.165) is 5.56 Å². The summed E-state index contributed by atoms with van der Waals surface area (Å²) in [5.74, 6) is -0.587. The zero-order valence-electron chi connectivity index (χ0n) is 12.7. The predicted octanol–water partition coefficient (Wildman–Crippen LogP) is 4.39. The van der Waals surface area contributed by atoms with Gasteiger partial charge in [-0.1, -0.05) is 44.5 Å². The molecule has 0 unspecified atom stereocenters. The molecule has 1 amide bonds. The second-order valence-corrected chi connectivity index (χ2v) is 6.59. The van der Waals surface area contributed by atoms with Crippen LogP contribution in [0.25, 0.3) is 0 Å². The smallest absolute Gasteiger partial charge is 0.253 e. The Bertz CT molecular complexity index is 665. The summed E-state index contributed by atoms with van der Waals surface area (Å²) < 4.78 is 13.1. The molecule has 0 saturated carbocycles. The fourth-order valence-corrected chi connectivity index (χ4v) is 2.43. The van der Waals surface area contributed by atoms with E-state index < -0.39 is 0 Å². The maximum atomic E-state index is 13.1. The standard InChI is InChI=1S/C17H18ClFN2O/c1-17(2,3)15(11-4-6-12(19)7-5-11)21-16(22)13-8-9-20-10-14(13)18/h4-10,15H,1-3H3,(H,21,22)/t15-/m1/s1. The second-order valence-electron chi connectivity index (χ2n) is 6.18. The molecule has 1 atom stereocenters. The Morgan fingerprint density at radius 1 is 1.23 bits per heavy atom. The summed E-state index contributed by atoms with van der Waals surface area (Å²) in [6.45, 7) is 6.03. The first-order chi connectivity index (χ1) is 10.3. The van der Waals surface area contributed by atoms with E-state index in [2.05, 4.69) is 10.3 Å². The third kappa shape index (κ3) is 3.83. The summed E-state index contributed by atoms with van der Waals surface area (Å²) in [4.78, 5) is 16.3. The fraction of sp³-hybridized carbons (Fsp3) is 0.294. The van der Waals surface area contributed by atoms with E-state index in [1.165, 1.54) is 24.5 Å². The van der Waals surface area contributed by atoms with E-state index in [1.807, 2.05) is 20.8 Å². The minimum Gasteiger partial charge on any atom is -0.345 e. The van der Waals surface area contributed by atoms with Gasteiger partial charge in [0.1, 0.15) is 5.82 Å². The SMILES string of the molecule is CC(C)(C)[C@H](NC(=O)c1ccncc1Cl)c1ccc(F)cc1. The van der Waals surface area contributed by atoms with Crippen molar-refractivity contribution in [3.8, 4) is 0 Å². The van der Waals surface area contributed by atoms with Crippen LogP contribution in [0, 0.1) is 11.2 Å². The summed E-state index contributed by atoms with van der Waals surface area (Å²) in [5.41, 5.74) is 0.966.